The second-order valence-electron chi connectivity index (χ2n) is 6.87. The van der Waals surface area contributed by atoms with Crippen molar-refractivity contribution in [2.75, 3.05) is 39.3 Å². The number of hydrogen-bond acceptors (Lipinski definition) is 5. The lowest BCUT2D eigenvalue weighted by Gasteiger charge is -2.34. The van der Waals surface area contributed by atoms with E-state index in [2.05, 4.69) is 15.5 Å². The van der Waals surface area contributed by atoms with Crippen molar-refractivity contribution < 1.29 is 14.4 Å². The fraction of sp³-hybridized carbons (Fsp3) is 0.632. The predicted octanol–water partition coefficient (Wildman–Crippen LogP) is 1.32. The SMILES string of the molecule is CCC(C)NC(=O)CN1CCN(C(=O)CCCNC(=O)c2cccs2)CC1. The minimum Gasteiger partial charge on any atom is -0.353 e. The van der Waals surface area contributed by atoms with Gasteiger partial charge in [0, 0.05) is 45.2 Å². The van der Waals surface area contributed by atoms with E-state index in [1.54, 1.807) is 6.07 Å². The number of nitrogens with one attached hydrogen (secondary N) is 2. The summed E-state index contributed by atoms with van der Waals surface area (Å²) < 4.78 is 0. The molecule has 0 radical (unpaired) electrons. The van der Waals surface area contributed by atoms with Crippen molar-refractivity contribution in [3.05, 3.63) is 22.4 Å². The van der Waals surface area contributed by atoms with Gasteiger partial charge < -0.3 is 15.5 Å². The Bertz CT molecular complexity index is 612. The Morgan fingerprint density at radius 1 is 1.22 bits per heavy atom. The van der Waals surface area contributed by atoms with Crippen LogP contribution < -0.4 is 10.6 Å². The van der Waals surface area contributed by atoms with Gasteiger partial charge in [-0.3, -0.25) is 19.3 Å². The number of piperazine rings is 1. The molecule has 0 saturated carbocycles. The van der Waals surface area contributed by atoms with Crippen molar-refractivity contribution in [1.82, 2.24) is 20.4 Å². The molecule has 0 spiro atoms. The number of thiophene rings is 1. The Labute approximate surface area is 165 Å². The van der Waals surface area contributed by atoms with Gasteiger partial charge in [-0.2, -0.15) is 0 Å². The van der Waals surface area contributed by atoms with Gasteiger partial charge in [0.1, 0.15) is 0 Å². The molecule has 1 unspecified atom stereocenters. The summed E-state index contributed by atoms with van der Waals surface area (Å²) in [5, 5.41) is 7.68. The van der Waals surface area contributed by atoms with Crippen molar-refractivity contribution >= 4 is 29.1 Å². The van der Waals surface area contributed by atoms with E-state index in [9.17, 15) is 14.4 Å². The van der Waals surface area contributed by atoms with Crippen LogP contribution in [0, 0.1) is 0 Å². The summed E-state index contributed by atoms with van der Waals surface area (Å²) in [6, 6.07) is 3.82. The molecule has 3 amide bonds. The predicted molar refractivity (Wildman–Crippen MR) is 107 cm³/mol. The highest BCUT2D eigenvalue weighted by Gasteiger charge is 2.22. The first-order valence-corrected chi connectivity index (χ1v) is 10.5. The molecule has 1 aliphatic rings. The molecule has 150 valence electrons. The van der Waals surface area contributed by atoms with Crippen LogP contribution in [0.4, 0.5) is 0 Å². The Balaban J connectivity index is 1.59. The summed E-state index contributed by atoms with van der Waals surface area (Å²) in [6.45, 7) is 7.66. The fourth-order valence-corrected chi connectivity index (χ4v) is 3.52. The van der Waals surface area contributed by atoms with E-state index in [4.69, 9.17) is 0 Å². The summed E-state index contributed by atoms with van der Waals surface area (Å²) >= 11 is 1.41. The average molecular weight is 395 g/mol. The molecular formula is C19H30N4O3S. The van der Waals surface area contributed by atoms with Crippen molar-refractivity contribution in [3.8, 4) is 0 Å². The number of amides is 3. The lowest BCUT2D eigenvalue weighted by Crippen LogP contribution is -2.51. The summed E-state index contributed by atoms with van der Waals surface area (Å²) in [5.41, 5.74) is 0. The highest BCUT2D eigenvalue weighted by atomic mass is 32.1. The third-order valence-electron chi connectivity index (χ3n) is 4.71. The van der Waals surface area contributed by atoms with Crippen molar-refractivity contribution in [2.24, 2.45) is 0 Å². The second-order valence-corrected chi connectivity index (χ2v) is 7.82. The third kappa shape index (κ3) is 7.30. The van der Waals surface area contributed by atoms with Crippen LogP contribution in [0.1, 0.15) is 42.8 Å². The highest BCUT2D eigenvalue weighted by molar-refractivity contribution is 7.12. The summed E-state index contributed by atoms with van der Waals surface area (Å²) in [7, 11) is 0. The minimum absolute atomic E-state index is 0.0469. The Morgan fingerprint density at radius 2 is 1.96 bits per heavy atom. The van der Waals surface area contributed by atoms with Gasteiger partial charge in [0.05, 0.1) is 11.4 Å². The molecule has 1 saturated heterocycles. The topological polar surface area (TPSA) is 81.8 Å². The van der Waals surface area contributed by atoms with Crippen LogP contribution in [-0.4, -0.2) is 72.8 Å². The summed E-state index contributed by atoms with van der Waals surface area (Å²) in [5.74, 6) is 0.0800. The first kappa shape index (κ1) is 21.4. The van der Waals surface area contributed by atoms with Crippen LogP contribution in [0.25, 0.3) is 0 Å². The molecule has 8 heteroatoms. The minimum atomic E-state index is -0.0817. The van der Waals surface area contributed by atoms with Crippen LogP contribution >= 0.6 is 11.3 Å². The van der Waals surface area contributed by atoms with Gasteiger partial charge in [0.25, 0.3) is 5.91 Å². The number of carbonyl (C=O) groups is 3. The van der Waals surface area contributed by atoms with E-state index in [0.717, 1.165) is 19.5 Å². The Hall–Kier alpha value is -1.93. The zero-order valence-electron chi connectivity index (χ0n) is 16.2. The quantitative estimate of drug-likeness (QED) is 0.619. The summed E-state index contributed by atoms with van der Waals surface area (Å²) in [4.78, 5) is 40.7. The zero-order valence-corrected chi connectivity index (χ0v) is 17.0. The van der Waals surface area contributed by atoms with Crippen LogP contribution in [0.5, 0.6) is 0 Å². The molecule has 27 heavy (non-hydrogen) atoms. The van der Waals surface area contributed by atoms with E-state index < -0.39 is 0 Å². The van der Waals surface area contributed by atoms with Gasteiger partial charge in [0.15, 0.2) is 0 Å². The van der Waals surface area contributed by atoms with Crippen LogP contribution in [0.2, 0.25) is 0 Å². The standard InChI is InChI=1S/C19H30N4O3S/c1-3-15(2)21-17(24)14-22-9-11-23(12-10-22)18(25)7-4-8-20-19(26)16-6-5-13-27-16/h5-6,13,15H,3-4,7-12,14H2,1-2H3,(H,20,26)(H,21,24). The zero-order chi connectivity index (χ0) is 19.6. The van der Waals surface area contributed by atoms with Crippen molar-refractivity contribution in [3.63, 3.8) is 0 Å². The number of carbonyl (C=O) groups excluding carboxylic acids is 3. The molecule has 1 aromatic heterocycles. The van der Waals surface area contributed by atoms with E-state index >= 15 is 0 Å². The molecule has 2 N–H and O–H groups in total. The number of rotatable bonds is 9. The molecule has 7 nitrogen and oxygen atoms in total. The van der Waals surface area contributed by atoms with E-state index in [1.807, 2.05) is 30.2 Å². The molecule has 0 bridgehead atoms. The maximum absolute atomic E-state index is 12.3. The van der Waals surface area contributed by atoms with Crippen LogP contribution in [0.3, 0.4) is 0 Å². The lowest BCUT2D eigenvalue weighted by molar-refractivity contribution is -0.133. The molecule has 0 aromatic carbocycles. The second kappa shape index (κ2) is 11.0. The Morgan fingerprint density at radius 3 is 2.59 bits per heavy atom. The van der Waals surface area contributed by atoms with Gasteiger partial charge in [-0.1, -0.05) is 13.0 Å². The largest absolute Gasteiger partial charge is 0.353 e. The first-order valence-electron chi connectivity index (χ1n) is 9.60. The Kier molecular flexibility index (Phi) is 8.74. The van der Waals surface area contributed by atoms with Crippen LogP contribution in [0.15, 0.2) is 17.5 Å². The number of hydrogen-bond donors (Lipinski definition) is 2. The lowest BCUT2D eigenvalue weighted by atomic mass is 10.2. The van der Waals surface area contributed by atoms with Gasteiger partial charge in [0.2, 0.25) is 11.8 Å². The molecule has 1 fully saturated rings. The molecule has 1 aromatic rings. The number of nitrogens with zero attached hydrogens (tertiary/aromatic N) is 2. The van der Waals surface area contributed by atoms with Gasteiger partial charge in [-0.15, -0.1) is 11.3 Å². The van der Waals surface area contributed by atoms with Gasteiger partial charge in [-0.25, -0.2) is 0 Å². The van der Waals surface area contributed by atoms with Gasteiger partial charge >= 0.3 is 0 Å². The molecule has 1 atom stereocenters. The van der Waals surface area contributed by atoms with Crippen molar-refractivity contribution in [2.45, 2.75) is 39.2 Å². The first-order chi connectivity index (χ1) is 13.0. The van der Waals surface area contributed by atoms with E-state index in [0.29, 0.717) is 43.9 Å². The normalized spacial score (nSPS) is 16.0. The van der Waals surface area contributed by atoms with E-state index in [1.165, 1.54) is 11.3 Å². The van der Waals surface area contributed by atoms with Gasteiger partial charge in [-0.05, 0) is 31.2 Å². The van der Waals surface area contributed by atoms with Crippen molar-refractivity contribution in [1.29, 1.82) is 0 Å². The maximum Gasteiger partial charge on any atom is 0.261 e. The van der Waals surface area contributed by atoms with E-state index in [-0.39, 0.29) is 23.8 Å². The monoisotopic (exact) mass is 394 g/mol. The maximum atomic E-state index is 12.3. The third-order valence-corrected chi connectivity index (χ3v) is 5.58. The van der Waals surface area contributed by atoms with Crippen LogP contribution in [-0.2, 0) is 9.59 Å². The molecule has 2 rings (SSSR count). The molecular weight excluding hydrogens is 364 g/mol. The highest BCUT2D eigenvalue weighted by Crippen LogP contribution is 2.08. The average Bonchev–Trinajstić information content (AvgIpc) is 3.20. The smallest absolute Gasteiger partial charge is 0.261 e. The summed E-state index contributed by atoms with van der Waals surface area (Å²) in [6.07, 6.45) is 1.98. The molecule has 0 aliphatic carbocycles. The molecule has 1 aliphatic heterocycles. The fourth-order valence-electron chi connectivity index (χ4n) is 2.88. The molecule has 2 heterocycles.